The molecule has 108 valence electrons. The lowest BCUT2D eigenvalue weighted by molar-refractivity contribution is -0.147. The molecule has 0 radical (unpaired) electrons. The van der Waals surface area contributed by atoms with E-state index in [9.17, 15) is 19.5 Å². The van der Waals surface area contributed by atoms with Gasteiger partial charge in [0, 0.05) is 12.6 Å². The summed E-state index contributed by atoms with van der Waals surface area (Å²) in [5, 5.41) is 11.8. The number of esters is 1. The lowest BCUT2D eigenvalue weighted by atomic mass is 10.00. The third kappa shape index (κ3) is 3.36. The summed E-state index contributed by atoms with van der Waals surface area (Å²) in [7, 11) is 1.28. The van der Waals surface area contributed by atoms with Crippen LogP contribution in [0.15, 0.2) is 0 Å². The zero-order valence-electron chi connectivity index (χ0n) is 11.4. The highest BCUT2D eigenvalue weighted by Crippen LogP contribution is 2.29. The average molecular weight is 272 g/mol. The van der Waals surface area contributed by atoms with Crippen LogP contribution in [0.3, 0.4) is 0 Å². The SMILES string of the molecule is COC(=O)CC(C)NC(=O)N1CCCC1(C)C(=O)O. The van der Waals surface area contributed by atoms with E-state index in [1.165, 1.54) is 18.9 Å². The van der Waals surface area contributed by atoms with Gasteiger partial charge in [-0.25, -0.2) is 9.59 Å². The van der Waals surface area contributed by atoms with Gasteiger partial charge in [0.2, 0.25) is 0 Å². The first kappa shape index (κ1) is 15.3. The van der Waals surface area contributed by atoms with E-state index < -0.39 is 29.6 Å². The van der Waals surface area contributed by atoms with Crippen LogP contribution in [0.25, 0.3) is 0 Å². The van der Waals surface area contributed by atoms with Crippen LogP contribution >= 0.6 is 0 Å². The Labute approximate surface area is 111 Å². The van der Waals surface area contributed by atoms with Crippen molar-refractivity contribution in [1.82, 2.24) is 10.2 Å². The molecule has 1 aliphatic rings. The minimum absolute atomic E-state index is 0.0554. The monoisotopic (exact) mass is 272 g/mol. The zero-order chi connectivity index (χ0) is 14.6. The molecule has 1 rings (SSSR count). The van der Waals surface area contributed by atoms with Crippen molar-refractivity contribution in [3.63, 3.8) is 0 Å². The largest absolute Gasteiger partial charge is 0.480 e. The molecule has 1 saturated heterocycles. The first-order valence-corrected chi connectivity index (χ1v) is 6.19. The lowest BCUT2D eigenvalue weighted by Gasteiger charge is -2.32. The van der Waals surface area contributed by atoms with Crippen LogP contribution in [0.1, 0.15) is 33.1 Å². The van der Waals surface area contributed by atoms with Crippen molar-refractivity contribution in [2.75, 3.05) is 13.7 Å². The van der Waals surface area contributed by atoms with Gasteiger partial charge in [-0.3, -0.25) is 4.79 Å². The standard InChI is InChI=1S/C12H20N2O5/c1-8(7-9(15)19-3)13-11(18)14-6-4-5-12(14,2)10(16)17/h8H,4-7H2,1-3H3,(H,13,18)(H,16,17). The van der Waals surface area contributed by atoms with Gasteiger partial charge in [0.15, 0.2) is 0 Å². The maximum absolute atomic E-state index is 12.0. The summed E-state index contributed by atoms with van der Waals surface area (Å²) in [6.45, 7) is 3.61. The number of ether oxygens (including phenoxy) is 1. The van der Waals surface area contributed by atoms with E-state index in [4.69, 9.17) is 0 Å². The quantitative estimate of drug-likeness (QED) is 0.730. The molecule has 0 aliphatic carbocycles. The van der Waals surface area contributed by atoms with E-state index in [1.54, 1.807) is 6.92 Å². The minimum atomic E-state index is -1.17. The molecule has 7 heteroatoms. The van der Waals surface area contributed by atoms with E-state index in [0.717, 1.165) is 0 Å². The fourth-order valence-corrected chi connectivity index (χ4v) is 2.18. The van der Waals surface area contributed by atoms with Crippen molar-refractivity contribution in [2.45, 2.75) is 44.7 Å². The smallest absolute Gasteiger partial charge is 0.329 e. The fourth-order valence-electron chi connectivity index (χ4n) is 2.18. The number of hydrogen-bond acceptors (Lipinski definition) is 4. The van der Waals surface area contributed by atoms with Crippen molar-refractivity contribution in [1.29, 1.82) is 0 Å². The molecule has 0 aromatic carbocycles. The van der Waals surface area contributed by atoms with Crippen molar-refractivity contribution in [3.05, 3.63) is 0 Å². The Morgan fingerprint density at radius 2 is 2.11 bits per heavy atom. The molecule has 0 spiro atoms. The molecule has 0 bridgehead atoms. The summed E-state index contributed by atoms with van der Waals surface area (Å²) < 4.78 is 4.51. The predicted octanol–water partition coefficient (Wildman–Crippen LogP) is 0.587. The third-order valence-electron chi connectivity index (χ3n) is 3.42. The van der Waals surface area contributed by atoms with E-state index >= 15 is 0 Å². The molecule has 1 fully saturated rings. The number of nitrogens with zero attached hydrogens (tertiary/aromatic N) is 1. The fraction of sp³-hybridized carbons (Fsp3) is 0.750. The van der Waals surface area contributed by atoms with Crippen LogP contribution in [0.2, 0.25) is 0 Å². The molecular formula is C12H20N2O5. The molecule has 2 unspecified atom stereocenters. The first-order chi connectivity index (χ1) is 8.81. The molecule has 0 saturated carbocycles. The highest BCUT2D eigenvalue weighted by Gasteiger charge is 2.46. The Balaban J connectivity index is 2.63. The molecule has 2 N–H and O–H groups in total. The van der Waals surface area contributed by atoms with E-state index in [-0.39, 0.29) is 6.42 Å². The Morgan fingerprint density at radius 1 is 1.47 bits per heavy atom. The number of nitrogens with one attached hydrogen (secondary N) is 1. The Bertz CT molecular complexity index is 384. The van der Waals surface area contributed by atoms with Crippen LogP contribution in [-0.4, -0.2) is 53.2 Å². The van der Waals surface area contributed by atoms with Crippen LogP contribution in [0.5, 0.6) is 0 Å². The minimum Gasteiger partial charge on any atom is -0.480 e. The molecular weight excluding hydrogens is 252 g/mol. The van der Waals surface area contributed by atoms with Gasteiger partial charge in [-0.05, 0) is 26.7 Å². The number of methoxy groups -OCH3 is 1. The Kier molecular flexibility index (Phi) is 4.74. The zero-order valence-corrected chi connectivity index (χ0v) is 11.4. The number of aliphatic carboxylic acids is 1. The second-order valence-electron chi connectivity index (χ2n) is 4.96. The highest BCUT2D eigenvalue weighted by molar-refractivity contribution is 5.87. The normalized spacial score (nSPS) is 23.8. The van der Waals surface area contributed by atoms with Crippen molar-refractivity contribution < 1.29 is 24.2 Å². The molecule has 1 heterocycles. The Hall–Kier alpha value is -1.79. The molecule has 7 nitrogen and oxygen atoms in total. The summed E-state index contributed by atoms with van der Waals surface area (Å²) in [5.74, 6) is -1.43. The second kappa shape index (κ2) is 5.90. The van der Waals surface area contributed by atoms with Crippen LogP contribution in [0, 0.1) is 0 Å². The van der Waals surface area contributed by atoms with Gasteiger partial charge in [-0.2, -0.15) is 0 Å². The molecule has 0 aromatic rings. The summed E-state index contributed by atoms with van der Waals surface area (Å²) in [6.07, 6.45) is 1.14. The first-order valence-electron chi connectivity index (χ1n) is 6.19. The summed E-state index contributed by atoms with van der Waals surface area (Å²) >= 11 is 0. The number of urea groups is 1. The van der Waals surface area contributed by atoms with Gasteiger partial charge in [-0.15, -0.1) is 0 Å². The van der Waals surface area contributed by atoms with E-state index in [1.807, 2.05) is 0 Å². The number of hydrogen-bond donors (Lipinski definition) is 2. The summed E-state index contributed by atoms with van der Waals surface area (Å²) in [4.78, 5) is 35.7. The van der Waals surface area contributed by atoms with E-state index in [0.29, 0.717) is 19.4 Å². The van der Waals surface area contributed by atoms with Gasteiger partial charge in [-0.1, -0.05) is 0 Å². The molecule has 1 aliphatic heterocycles. The maximum atomic E-state index is 12.0. The summed E-state index contributed by atoms with van der Waals surface area (Å²) in [5.41, 5.74) is -1.17. The van der Waals surface area contributed by atoms with Gasteiger partial charge < -0.3 is 20.1 Å². The van der Waals surface area contributed by atoms with Gasteiger partial charge >= 0.3 is 18.0 Å². The number of carboxylic acid groups (broad SMARTS) is 1. The maximum Gasteiger partial charge on any atom is 0.329 e. The van der Waals surface area contributed by atoms with Gasteiger partial charge in [0.05, 0.1) is 13.5 Å². The number of carbonyl (C=O) groups is 3. The predicted molar refractivity (Wildman–Crippen MR) is 66.6 cm³/mol. The number of carbonyl (C=O) groups excluding carboxylic acids is 2. The molecule has 2 atom stereocenters. The molecule has 19 heavy (non-hydrogen) atoms. The average Bonchev–Trinajstić information content (AvgIpc) is 2.72. The number of amides is 2. The van der Waals surface area contributed by atoms with Crippen molar-refractivity contribution >= 4 is 18.0 Å². The second-order valence-corrected chi connectivity index (χ2v) is 4.96. The van der Waals surface area contributed by atoms with Crippen molar-refractivity contribution in [3.8, 4) is 0 Å². The Morgan fingerprint density at radius 3 is 2.63 bits per heavy atom. The number of likely N-dealkylation sites (tertiary alicyclic amines) is 1. The van der Waals surface area contributed by atoms with E-state index in [2.05, 4.69) is 10.1 Å². The number of carboxylic acids is 1. The highest BCUT2D eigenvalue weighted by atomic mass is 16.5. The van der Waals surface area contributed by atoms with Crippen LogP contribution < -0.4 is 5.32 Å². The topological polar surface area (TPSA) is 95.9 Å². The third-order valence-corrected chi connectivity index (χ3v) is 3.42. The lowest BCUT2D eigenvalue weighted by Crippen LogP contribution is -2.55. The summed E-state index contributed by atoms with van der Waals surface area (Å²) in [6, 6.07) is -0.864. The van der Waals surface area contributed by atoms with Gasteiger partial charge in [0.1, 0.15) is 5.54 Å². The van der Waals surface area contributed by atoms with Crippen LogP contribution in [0.4, 0.5) is 4.79 Å². The van der Waals surface area contributed by atoms with Crippen LogP contribution in [-0.2, 0) is 14.3 Å². The molecule has 0 aromatic heterocycles. The van der Waals surface area contributed by atoms with Gasteiger partial charge in [0.25, 0.3) is 0 Å². The molecule has 2 amide bonds. The number of rotatable bonds is 4. The van der Waals surface area contributed by atoms with Crippen molar-refractivity contribution in [2.24, 2.45) is 0 Å².